The second-order valence-electron chi connectivity index (χ2n) is 3.71. The number of aromatic nitrogens is 3. The molecule has 3 N–H and O–H groups in total. The van der Waals surface area contributed by atoms with Crippen molar-refractivity contribution in [2.75, 3.05) is 5.73 Å². The van der Waals surface area contributed by atoms with Gasteiger partial charge in [-0.15, -0.1) is 0 Å². The molecule has 0 spiro atoms. The maximum atomic E-state index is 10.8. The van der Waals surface area contributed by atoms with Gasteiger partial charge in [0.25, 0.3) is 0 Å². The lowest BCUT2D eigenvalue weighted by Gasteiger charge is -2.03. The highest BCUT2D eigenvalue weighted by atomic mass is 16.5. The summed E-state index contributed by atoms with van der Waals surface area (Å²) in [5.74, 6) is -0.292. The average molecular weight is 236 g/mol. The Morgan fingerprint density at radius 3 is 2.76 bits per heavy atom. The van der Waals surface area contributed by atoms with Crippen molar-refractivity contribution in [3.63, 3.8) is 0 Å². The van der Waals surface area contributed by atoms with E-state index in [2.05, 4.69) is 10.3 Å². The number of carboxylic acid groups (broad SMARTS) is 1. The molecule has 0 radical (unpaired) electrons. The van der Waals surface area contributed by atoms with Crippen LogP contribution in [0.2, 0.25) is 0 Å². The third kappa shape index (κ3) is 1.86. The Hall–Kier alpha value is -2.31. The number of carbonyl (C=O) groups is 1. The first kappa shape index (κ1) is 11.2. The molecule has 2 rings (SSSR count). The Bertz CT molecular complexity index is 551. The molecule has 2 aromatic heterocycles. The predicted octanol–water partition coefficient (Wildman–Crippen LogP) is 0.817. The van der Waals surface area contributed by atoms with E-state index in [1.807, 2.05) is 6.92 Å². The molecule has 0 unspecified atom stereocenters. The molecule has 0 aliphatic heterocycles. The van der Waals surface area contributed by atoms with Gasteiger partial charge in [-0.1, -0.05) is 5.16 Å². The molecule has 0 aliphatic carbocycles. The highest BCUT2D eigenvalue weighted by Gasteiger charge is 2.16. The van der Waals surface area contributed by atoms with E-state index in [1.54, 1.807) is 6.92 Å². The molecule has 0 fully saturated rings. The summed E-state index contributed by atoms with van der Waals surface area (Å²) in [5.41, 5.74) is 7.29. The van der Waals surface area contributed by atoms with Gasteiger partial charge in [0.15, 0.2) is 0 Å². The number of rotatable bonds is 3. The molecule has 0 aromatic carbocycles. The molecule has 0 bridgehead atoms. The van der Waals surface area contributed by atoms with Gasteiger partial charge in [-0.3, -0.25) is 0 Å². The topological polar surface area (TPSA) is 107 Å². The van der Waals surface area contributed by atoms with Gasteiger partial charge in [0.05, 0.1) is 18.4 Å². The number of aryl methyl sites for hydroxylation is 2. The van der Waals surface area contributed by atoms with Crippen LogP contribution in [0.1, 0.15) is 27.4 Å². The Kier molecular flexibility index (Phi) is 2.58. The summed E-state index contributed by atoms with van der Waals surface area (Å²) in [5, 5.41) is 16.6. The summed E-state index contributed by atoms with van der Waals surface area (Å²) in [6, 6.07) is 0. The van der Waals surface area contributed by atoms with Gasteiger partial charge in [0.2, 0.25) is 0 Å². The molecule has 0 amide bonds. The van der Waals surface area contributed by atoms with Crippen molar-refractivity contribution >= 4 is 11.8 Å². The second-order valence-corrected chi connectivity index (χ2v) is 3.71. The molecule has 90 valence electrons. The van der Waals surface area contributed by atoms with Crippen LogP contribution in [-0.4, -0.2) is 26.0 Å². The quantitative estimate of drug-likeness (QED) is 0.816. The number of nitrogens with two attached hydrogens (primary N) is 1. The van der Waals surface area contributed by atoms with Gasteiger partial charge in [-0.2, -0.15) is 5.10 Å². The second kappa shape index (κ2) is 3.93. The number of nitrogens with zero attached hydrogens (tertiary/aromatic N) is 3. The molecule has 2 heterocycles. The van der Waals surface area contributed by atoms with Crippen LogP contribution in [0.25, 0.3) is 0 Å². The molecule has 0 aliphatic rings. The molecule has 0 saturated carbocycles. The van der Waals surface area contributed by atoms with Gasteiger partial charge < -0.3 is 15.4 Å². The number of nitrogen functional groups attached to an aromatic ring is 1. The third-order valence-electron chi connectivity index (χ3n) is 2.60. The van der Waals surface area contributed by atoms with Gasteiger partial charge in [-0.05, 0) is 13.8 Å². The zero-order valence-corrected chi connectivity index (χ0v) is 9.47. The van der Waals surface area contributed by atoms with Crippen molar-refractivity contribution in [1.82, 2.24) is 14.9 Å². The van der Waals surface area contributed by atoms with Crippen molar-refractivity contribution in [3.8, 4) is 0 Å². The normalized spacial score (nSPS) is 10.7. The first-order valence-electron chi connectivity index (χ1n) is 4.97. The fraction of sp³-hybridized carbons (Fsp3) is 0.300. The smallest absolute Gasteiger partial charge is 0.341 e. The van der Waals surface area contributed by atoms with Crippen LogP contribution in [0.4, 0.5) is 5.82 Å². The first-order chi connectivity index (χ1) is 8.00. The lowest BCUT2D eigenvalue weighted by molar-refractivity contribution is 0.0698. The van der Waals surface area contributed by atoms with E-state index >= 15 is 0 Å². The van der Waals surface area contributed by atoms with Gasteiger partial charge in [0, 0.05) is 5.56 Å². The van der Waals surface area contributed by atoms with Crippen LogP contribution in [0.5, 0.6) is 0 Å². The first-order valence-corrected chi connectivity index (χ1v) is 4.97. The zero-order valence-electron chi connectivity index (χ0n) is 9.47. The van der Waals surface area contributed by atoms with Crippen LogP contribution < -0.4 is 5.73 Å². The zero-order chi connectivity index (χ0) is 12.6. The minimum atomic E-state index is -1.09. The molecule has 7 nitrogen and oxygen atoms in total. The summed E-state index contributed by atoms with van der Waals surface area (Å²) >= 11 is 0. The van der Waals surface area contributed by atoms with E-state index in [0.717, 1.165) is 11.3 Å². The number of aromatic carboxylic acids is 1. The van der Waals surface area contributed by atoms with Crippen molar-refractivity contribution in [2.24, 2.45) is 0 Å². The van der Waals surface area contributed by atoms with Crippen LogP contribution >= 0.6 is 0 Å². The van der Waals surface area contributed by atoms with E-state index in [9.17, 15) is 4.79 Å². The minimum Gasteiger partial charge on any atom is -0.477 e. The Balaban J connectivity index is 2.34. The van der Waals surface area contributed by atoms with E-state index < -0.39 is 5.97 Å². The Labute approximate surface area is 96.8 Å². The highest BCUT2D eigenvalue weighted by molar-refractivity contribution is 5.92. The van der Waals surface area contributed by atoms with Gasteiger partial charge in [0.1, 0.15) is 17.1 Å². The average Bonchev–Trinajstić information content (AvgIpc) is 2.77. The lowest BCUT2D eigenvalue weighted by Crippen LogP contribution is -2.09. The minimum absolute atomic E-state index is 0.00300. The van der Waals surface area contributed by atoms with Crippen LogP contribution in [0, 0.1) is 13.8 Å². The summed E-state index contributed by atoms with van der Waals surface area (Å²) < 4.78 is 6.43. The van der Waals surface area contributed by atoms with E-state index in [1.165, 1.54) is 10.9 Å². The number of carboxylic acids is 1. The Morgan fingerprint density at radius 1 is 1.59 bits per heavy atom. The molecule has 0 atom stereocenters. The number of anilines is 1. The highest BCUT2D eigenvalue weighted by Crippen LogP contribution is 2.17. The third-order valence-corrected chi connectivity index (χ3v) is 2.60. The van der Waals surface area contributed by atoms with Crippen molar-refractivity contribution < 1.29 is 14.4 Å². The largest absolute Gasteiger partial charge is 0.477 e. The van der Waals surface area contributed by atoms with Crippen molar-refractivity contribution in [1.29, 1.82) is 0 Å². The maximum absolute atomic E-state index is 10.8. The van der Waals surface area contributed by atoms with Gasteiger partial charge in [-0.25, -0.2) is 9.48 Å². The summed E-state index contributed by atoms with van der Waals surface area (Å²) in [6.45, 7) is 3.94. The lowest BCUT2D eigenvalue weighted by atomic mass is 10.2. The van der Waals surface area contributed by atoms with Crippen LogP contribution in [0.3, 0.4) is 0 Å². The number of hydrogen-bond donors (Lipinski definition) is 2. The van der Waals surface area contributed by atoms with Crippen LogP contribution in [-0.2, 0) is 6.54 Å². The van der Waals surface area contributed by atoms with Crippen molar-refractivity contribution in [3.05, 3.63) is 28.8 Å². The van der Waals surface area contributed by atoms with E-state index in [-0.39, 0.29) is 11.4 Å². The standard InChI is InChI=1S/C10H12N4O3/c1-5-8(6(2)17-13-5)4-14-9(11)7(3-12-14)10(15)16/h3H,4,11H2,1-2H3,(H,15,16). The molecule has 2 aromatic rings. The summed E-state index contributed by atoms with van der Waals surface area (Å²) in [7, 11) is 0. The SMILES string of the molecule is Cc1noc(C)c1Cn1ncc(C(=O)O)c1N. The summed E-state index contributed by atoms with van der Waals surface area (Å²) in [6.07, 6.45) is 1.23. The summed E-state index contributed by atoms with van der Waals surface area (Å²) in [4.78, 5) is 10.8. The predicted molar refractivity (Wildman–Crippen MR) is 58.7 cm³/mol. The molecule has 7 heteroatoms. The van der Waals surface area contributed by atoms with Crippen molar-refractivity contribution in [2.45, 2.75) is 20.4 Å². The molecular formula is C10H12N4O3. The fourth-order valence-electron chi connectivity index (χ4n) is 1.56. The number of hydrogen-bond acceptors (Lipinski definition) is 5. The monoisotopic (exact) mass is 236 g/mol. The fourth-order valence-corrected chi connectivity index (χ4v) is 1.56. The Morgan fingerprint density at radius 2 is 2.29 bits per heavy atom. The van der Waals surface area contributed by atoms with Gasteiger partial charge >= 0.3 is 5.97 Å². The maximum Gasteiger partial charge on any atom is 0.341 e. The van der Waals surface area contributed by atoms with Crippen LogP contribution in [0.15, 0.2) is 10.7 Å². The van der Waals surface area contributed by atoms with E-state index in [4.69, 9.17) is 15.4 Å². The molecule has 17 heavy (non-hydrogen) atoms. The van der Waals surface area contributed by atoms with E-state index in [0.29, 0.717) is 12.3 Å². The molecular weight excluding hydrogens is 224 g/mol. The molecule has 0 saturated heterocycles.